The first kappa shape index (κ1) is 45.1. The third-order valence-electron chi connectivity index (χ3n) is 8.66. The fourth-order valence-electron chi connectivity index (χ4n) is 5.76. The molecule has 0 radical (unpaired) electrons. The highest BCUT2D eigenvalue weighted by molar-refractivity contribution is 7.46. The van der Waals surface area contributed by atoms with Crippen LogP contribution in [0.15, 0.2) is 12.3 Å². The fraction of sp³-hybridized carbons (Fsp3) is 0.921. The Kier molecular flexibility index (Phi) is 34.7. The number of allylic oxidation sites excluding steroid dienone is 1. The molecule has 0 aromatic carbocycles. The van der Waals surface area contributed by atoms with Crippen molar-refractivity contribution in [3.8, 4) is 0 Å². The van der Waals surface area contributed by atoms with Gasteiger partial charge < -0.3 is 19.3 Å². The molecule has 0 saturated heterocycles. The summed E-state index contributed by atoms with van der Waals surface area (Å²) in [7, 11) is -4.66. The van der Waals surface area contributed by atoms with Crippen LogP contribution < -0.4 is 0 Å². The minimum absolute atomic E-state index is 0.000354. The van der Waals surface area contributed by atoms with Crippen LogP contribution in [0.5, 0.6) is 0 Å². The van der Waals surface area contributed by atoms with Crippen LogP contribution in [-0.2, 0) is 23.4 Å². The Morgan fingerprint density at radius 1 is 0.565 bits per heavy atom. The number of hydrogen-bond donors (Lipinski definition) is 2. The molecule has 2 N–H and O–H groups in total. The lowest BCUT2D eigenvalue weighted by molar-refractivity contribution is -0.153. The minimum Gasteiger partial charge on any atom is -0.498 e. The SMILES string of the molecule is CCCCCCCCCCCCCCCCCC/C=C\OC[C@H](COP(=O)(O)O)OC(=O)CCCCCCCCCCCCCC. The van der Waals surface area contributed by atoms with Gasteiger partial charge >= 0.3 is 13.8 Å². The van der Waals surface area contributed by atoms with E-state index in [1.807, 2.05) is 6.08 Å². The zero-order valence-electron chi connectivity index (χ0n) is 30.2. The minimum atomic E-state index is -4.66. The van der Waals surface area contributed by atoms with Gasteiger partial charge in [-0.25, -0.2) is 4.57 Å². The number of carbonyl (C=O) groups is 1. The van der Waals surface area contributed by atoms with Crippen molar-refractivity contribution >= 4 is 13.8 Å². The van der Waals surface area contributed by atoms with Gasteiger partial charge in [-0.15, -0.1) is 0 Å². The molecule has 0 aromatic heterocycles. The van der Waals surface area contributed by atoms with Crippen molar-refractivity contribution in [2.45, 2.75) is 213 Å². The molecule has 8 heteroatoms. The molecule has 0 unspecified atom stereocenters. The van der Waals surface area contributed by atoms with Crippen LogP contribution in [0.3, 0.4) is 0 Å². The molecule has 0 bridgehead atoms. The molecule has 1 atom stereocenters. The maximum absolute atomic E-state index is 12.3. The van der Waals surface area contributed by atoms with Gasteiger partial charge in [0, 0.05) is 6.42 Å². The Morgan fingerprint density at radius 2 is 0.935 bits per heavy atom. The van der Waals surface area contributed by atoms with Crippen LogP contribution in [0.25, 0.3) is 0 Å². The van der Waals surface area contributed by atoms with Gasteiger partial charge in [-0.05, 0) is 25.3 Å². The number of rotatable bonds is 37. The summed E-state index contributed by atoms with van der Waals surface area (Å²) in [4.78, 5) is 30.4. The molecule has 0 fully saturated rings. The first-order valence-electron chi connectivity index (χ1n) is 19.5. The second-order valence-electron chi connectivity index (χ2n) is 13.3. The van der Waals surface area contributed by atoms with Gasteiger partial charge in [0.25, 0.3) is 0 Å². The third-order valence-corrected chi connectivity index (χ3v) is 9.15. The van der Waals surface area contributed by atoms with Crippen molar-refractivity contribution in [1.82, 2.24) is 0 Å². The second kappa shape index (κ2) is 35.4. The Labute approximate surface area is 284 Å². The lowest BCUT2D eigenvalue weighted by atomic mass is 10.0. The van der Waals surface area contributed by atoms with E-state index < -0.39 is 20.5 Å². The van der Waals surface area contributed by atoms with Crippen LogP contribution in [0.4, 0.5) is 0 Å². The van der Waals surface area contributed by atoms with E-state index in [2.05, 4.69) is 18.4 Å². The van der Waals surface area contributed by atoms with Crippen molar-refractivity contribution in [2.75, 3.05) is 13.2 Å². The van der Waals surface area contributed by atoms with Crippen LogP contribution in [0.1, 0.15) is 206 Å². The molecular weight excluding hydrogens is 599 g/mol. The highest BCUT2D eigenvalue weighted by Gasteiger charge is 2.21. The first-order chi connectivity index (χ1) is 22.4. The van der Waals surface area contributed by atoms with Crippen molar-refractivity contribution in [3.05, 3.63) is 12.3 Å². The van der Waals surface area contributed by atoms with E-state index in [0.717, 1.165) is 32.1 Å². The Hall–Kier alpha value is -0.880. The third kappa shape index (κ3) is 37.6. The molecule has 0 heterocycles. The lowest BCUT2D eigenvalue weighted by Crippen LogP contribution is -2.27. The number of ether oxygens (including phenoxy) is 2. The fourth-order valence-corrected chi connectivity index (χ4v) is 6.12. The summed E-state index contributed by atoms with van der Waals surface area (Å²) >= 11 is 0. The Balaban J connectivity index is 3.81. The molecule has 0 saturated carbocycles. The highest BCUT2D eigenvalue weighted by atomic mass is 31.2. The molecule has 0 aromatic rings. The van der Waals surface area contributed by atoms with Gasteiger partial charge in [0.05, 0.1) is 12.9 Å². The van der Waals surface area contributed by atoms with Crippen molar-refractivity contribution in [3.63, 3.8) is 0 Å². The zero-order chi connectivity index (χ0) is 33.8. The number of hydrogen-bond acceptors (Lipinski definition) is 5. The summed E-state index contributed by atoms with van der Waals surface area (Å²) in [5, 5.41) is 0. The molecular formula is C38H75O7P. The summed E-state index contributed by atoms with van der Waals surface area (Å²) in [5.41, 5.74) is 0. The van der Waals surface area contributed by atoms with Crippen molar-refractivity contribution in [1.29, 1.82) is 0 Å². The van der Waals surface area contributed by atoms with E-state index in [1.165, 1.54) is 154 Å². The van der Waals surface area contributed by atoms with Gasteiger partial charge in [-0.1, -0.05) is 181 Å². The molecule has 274 valence electrons. The van der Waals surface area contributed by atoms with E-state index >= 15 is 0 Å². The maximum atomic E-state index is 12.3. The summed E-state index contributed by atoms with van der Waals surface area (Å²) in [6.45, 7) is 4.12. The molecule has 0 amide bonds. The largest absolute Gasteiger partial charge is 0.498 e. The molecule has 0 aliphatic rings. The topological polar surface area (TPSA) is 102 Å². The van der Waals surface area contributed by atoms with E-state index in [0.29, 0.717) is 6.42 Å². The Morgan fingerprint density at radius 3 is 1.33 bits per heavy atom. The van der Waals surface area contributed by atoms with Gasteiger partial charge in [0.1, 0.15) is 6.61 Å². The van der Waals surface area contributed by atoms with E-state index in [9.17, 15) is 9.36 Å². The molecule has 46 heavy (non-hydrogen) atoms. The van der Waals surface area contributed by atoms with Gasteiger partial charge in [0.15, 0.2) is 6.10 Å². The average molecular weight is 675 g/mol. The number of esters is 1. The van der Waals surface area contributed by atoms with E-state index in [4.69, 9.17) is 19.3 Å². The summed E-state index contributed by atoms with van der Waals surface area (Å²) in [6, 6.07) is 0. The molecule has 0 aliphatic carbocycles. The van der Waals surface area contributed by atoms with Crippen LogP contribution in [0.2, 0.25) is 0 Å². The van der Waals surface area contributed by atoms with Crippen LogP contribution in [0, 0.1) is 0 Å². The average Bonchev–Trinajstić information content (AvgIpc) is 3.02. The predicted molar refractivity (Wildman–Crippen MR) is 193 cm³/mol. The second-order valence-corrected chi connectivity index (χ2v) is 14.6. The molecule has 0 aliphatic heterocycles. The molecule has 0 spiro atoms. The predicted octanol–water partition coefficient (Wildman–Crippen LogP) is 12.3. The monoisotopic (exact) mass is 675 g/mol. The van der Waals surface area contributed by atoms with Crippen molar-refractivity contribution in [2.24, 2.45) is 0 Å². The molecule has 7 nitrogen and oxygen atoms in total. The smallest absolute Gasteiger partial charge is 0.469 e. The number of phosphoric ester groups is 1. The van der Waals surface area contributed by atoms with Gasteiger partial charge in [0.2, 0.25) is 0 Å². The van der Waals surface area contributed by atoms with E-state index in [1.54, 1.807) is 6.26 Å². The Bertz CT molecular complexity index is 709. The normalized spacial score (nSPS) is 12.6. The van der Waals surface area contributed by atoms with E-state index in [-0.39, 0.29) is 12.6 Å². The molecule has 0 rings (SSSR count). The van der Waals surface area contributed by atoms with Crippen molar-refractivity contribution < 1.29 is 33.1 Å². The summed E-state index contributed by atoms with van der Waals surface area (Å²) < 4.78 is 26.7. The summed E-state index contributed by atoms with van der Waals surface area (Å²) in [6.07, 6.45) is 40.1. The van der Waals surface area contributed by atoms with Gasteiger partial charge in [-0.2, -0.15) is 0 Å². The lowest BCUT2D eigenvalue weighted by Gasteiger charge is -2.18. The quantitative estimate of drug-likeness (QED) is 0.0292. The van der Waals surface area contributed by atoms with Crippen LogP contribution >= 0.6 is 7.82 Å². The number of phosphoric acid groups is 1. The summed E-state index contributed by atoms with van der Waals surface area (Å²) in [5.74, 6) is -0.382. The zero-order valence-corrected chi connectivity index (χ0v) is 31.1. The first-order valence-corrected chi connectivity index (χ1v) is 21.1. The number of carbonyl (C=O) groups excluding carboxylic acids is 1. The standard InChI is InChI=1S/C38H75O7P/c1-3-5-7-9-11-13-15-17-18-19-20-21-22-24-26-28-30-32-34-43-35-37(36-44-46(40,41)42)45-38(39)33-31-29-27-25-23-16-14-12-10-8-6-4-2/h32,34,37H,3-31,33,35-36H2,1-2H3,(H2,40,41,42)/b34-32-/t37-/m1/s1. The highest BCUT2D eigenvalue weighted by Crippen LogP contribution is 2.36. The maximum Gasteiger partial charge on any atom is 0.469 e. The number of unbranched alkanes of at least 4 members (excludes halogenated alkanes) is 27. The van der Waals surface area contributed by atoms with Gasteiger partial charge in [-0.3, -0.25) is 9.32 Å². The van der Waals surface area contributed by atoms with Crippen LogP contribution in [-0.4, -0.2) is 35.1 Å².